The van der Waals surface area contributed by atoms with Gasteiger partial charge in [0.2, 0.25) is 0 Å². The van der Waals surface area contributed by atoms with Gasteiger partial charge in [-0.05, 0) is 36.4 Å². The second kappa shape index (κ2) is 5.44. The summed E-state index contributed by atoms with van der Waals surface area (Å²) < 4.78 is 15.4. The molecule has 1 N–H and O–H groups in total. The number of nitrogens with one attached hydrogen (secondary N) is 1. The summed E-state index contributed by atoms with van der Waals surface area (Å²) in [4.78, 5) is 17.6. The molecule has 7 heteroatoms. The van der Waals surface area contributed by atoms with E-state index in [1.165, 1.54) is 40.0 Å². The van der Waals surface area contributed by atoms with Crippen LogP contribution in [0.25, 0.3) is 15.2 Å². The minimum atomic E-state index is -0.426. The number of nitriles is 1. The van der Waals surface area contributed by atoms with Crippen LogP contribution in [0.4, 0.5) is 15.9 Å². The van der Waals surface area contributed by atoms with E-state index in [1.54, 1.807) is 0 Å². The lowest BCUT2D eigenvalue weighted by atomic mass is 10.2. The lowest BCUT2D eigenvalue weighted by Gasteiger charge is -2.07. The molecule has 0 unspecified atom stereocenters. The van der Waals surface area contributed by atoms with Gasteiger partial charge < -0.3 is 5.32 Å². The van der Waals surface area contributed by atoms with Crippen molar-refractivity contribution in [3.63, 3.8) is 0 Å². The molecule has 0 bridgehead atoms. The van der Waals surface area contributed by atoms with Crippen LogP contribution in [0.5, 0.6) is 0 Å². The van der Waals surface area contributed by atoms with Crippen molar-refractivity contribution in [2.75, 3.05) is 5.32 Å². The molecule has 4 aromatic rings. The van der Waals surface area contributed by atoms with Crippen molar-refractivity contribution in [1.29, 1.82) is 5.26 Å². The SMILES string of the molecule is N#Cc1c(Nc2ccc(F)cc2)nc2sc3ccccc3n2c1=O. The van der Waals surface area contributed by atoms with Gasteiger partial charge in [0, 0.05) is 5.69 Å². The Bertz CT molecular complexity index is 1170. The first kappa shape index (κ1) is 14.4. The van der Waals surface area contributed by atoms with Gasteiger partial charge in [-0.25, -0.2) is 13.8 Å². The highest BCUT2D eigenvalue weighted by Gasteiger charge is 2.16. The predicted octanol–water partition coefficient (Wildman–Crippen LogP) is 3.66. The van der Waals surface area contributed by atoms with Gasteiger partial charge in [0.05, 0.1) is 10.2 Å². The highest BCUT2D eigenvalue weighted by Crippen LogP contribution is 2.26. The number of nitrogens with zero attached hydrogens (tertiary/aromatic N) is 3. The molecular formula is C17H9FN4OS. The number of hydrogen-bond donors (Lipinski definition) is 1. The van der Waals surface area contributed by atoms with E-state index in [2.05, 4.69) is 10.3 Å². The molecule has 0 aliphatic heterocycles. The van der Waals surface area contributed by atoms with Crippen LogP contribution in [0.3, 0.4) is 0 Å². The number of thiazole rings is 1. The van der Waals surface area contributed by atoms with E-state index >= 15 is 0 Å². The summed E-state index contributed by atoms with van der Waals surface area (Å²) in [5.41, 5.74) is 0.759. The minimum Gasteiger partial charge on any atom is -0.339 e. The van der Waals surface area contributed by atoms with Crippen molar-refractivity contribution in [2.24, 2.45) is 0 Å². The maximum absolute atomic E-state index is 13.0. The van der Waals surface area contributed by atoms with Crippen LogP contribution in [-0.4, -0.2) is 9.38 Å². The summed E-state index contributed by atoms with van der Waals surface area (Å²) in [6, 6.07) is 15.0. The molecule has 24 heavy (non-hydrogen) atoms. The summed E-state index contributed by atoms with van der Waals surface area (Å²) in [6.45, 7) is 0. The van der Waals surface area contributed by atoms with E-state index in [9.17, 15) is 14.4 Å². The molecule has 0 amide bonds. The van der Waals surface area contributed by atoms with Gasteiger partial charge in [-0.15, -0.1) is 0 Å². The van der Waals surface area contributed by atoms with Crippen molar-refractivity contribution < 1.29 is 4.39 Å². The predicted molar refractivity (Wildman–Crippen MR) is 91.2 cm³/mol. The minimum absolute atomic E-state index is 0.0830. The molecule has 116 valence electrons. The fraction of sp³-hybridized carbons (Fsp3) is 0. The van der Waals surface area contributed by atoms with Gasteiger partial charge in [-0.2, -0.15) is 5.26 Å². The van der Waals surface area contributed by atoms with Crippen molar-refractivity contribution >= 4 is 38.0 Å². The van der Waals surface area contributed by atoms with Crippen molar-refractivity contribution in [2.45, 2.75) is 0 Å². The number of anilines is 2. The number of benzene rings is 2. The Morgan fingerprint density at radius 1 is 1.17 bits per heavy atom. The average Bonchev–Trinajstić information content (AvgIpc) is 2.95. The molecule has 0 saturated heterocycles. The molecule has 0 saturated carbocycles. The first-order chi connectivity index (χ1) is 11.7. The second-order valence-corrected chi connectivity index (χ2v) is 6.08. The second-order valence-electron chi connectivity index (χ2n) is 5.07. The zero-order valence-electron chi connectivity index (χ0n) is 12.2. The molecule has 0 radical (unpaired) electrons. The topological polar surface area (TPSA) is 70.2 Å². The summed E-state index contributed by atoms with van der Waals surface area (Å²) in [7, 11) is 0. The number of fused-ring (bicyclic) bond motifs is 3. The number of aromatic nitrogens is 2. The van der Waals surface area contributed by atoms with Crippen LogP contribution in [0.2, 0.25) is 0 Å². The molecular weight excluding hydrogens is 327 g/mol. The van der Waals surface area contributed by atoms with Crippen LogP contribution in [0, 0.1) is 17.1 Å². The van der Waals surface area contributed by atoms with Crippen LogP contribution in [0.15, 0.2) is 53.3 Å². The highest BCUT2D eigenvalue weighted by atomic mass is 32.1. The lowest BCUT2D eigenvalue weighted by Crippen LogP contribution is -2.19. The Morgan fingerprint density at radius 2 is 1.92 bits per heavy atom. The van der Waals surface area contributed by atoms with Gasteiger partial charge in [0.25, 0.3) is 5.56 Å². The number of rotatable bonds is 2. The van der Waals surface area contributed by atoms with Gasteiger partial charge in [0.1, 0.15) is 11.9 Å². The monoisotopic (exact) mass is 336 g/mol. The molecule has 2 heterocycles. The molecule has 0 aliphatic carbocycles. The van der Waals surface area contributed by atoms with Gasteiger partial charge >= 0.3 is 0 Å². The standard InChI is InChI=1S/C17H9FN4OS/c18-10-5-7-11(8-6-10)20-15-12(9-19)16(23)22-13-3-1-2-4-14(13)24-17(22)21-15/h1-8,20H. The van der Waals surface area contributed by atoms with E-state index in [1.807, 2.05) is 30.3 Å². The summed E-state index contributed by atoms with van der Waals surface area (Å²) in [6.07, 6.45) is 0. The molecule has 4 rings (SSSR count). The van der Waals surface area contributed by atoms with Crippen molar-refractivity contribution in [3.8, 4) is 6.07 Å². The van der Waals surface area contributed by atoms with Gasteiger partial charge in [0.15, 0.2) is 16.3 Å². The Morgan fingerprint density at radius 3 is 2.67 bits per heavy atom. The molecule has 0 spiro atoms. The lowest BCUT2D eigenvalue weighted by molar-refractivity contribution is 0.628. The summed E-state index contributed by atoms with van der Waals surface area (Å²) >= 11 is 1.36. The largest absolute Gasteiger partial charge is 0.339 e. The smallest absolute Gasteiger partial charge is 0.279 e. The molecule has 0 aliphatic rings. The zero-order chi connectivity index (χ0) is 16.7. The van der Waals surface area contributed by atoms with Gasteiger partial charge in [-0.3, -0.25) is 4.79 Å². The van der Waals surface area contributed by atoms with Crippen molar-refractivity contribution in [3.05, 3.63) is 70.3 Å². The van der Waals surface area contributed by atoms with Crippen LogP contribution >= 0.6 is 11.3 Å². The third-order valence-corrected chi connectivity index (χ3v) is 4.60. The van der Waals surface area contributed by atoms with E-state index in [0.29, 0.717) is 10.6 Å². The third kappa shape index (κ3) is 2.21. The molecule has 2 aromatic heterocycles. The van der Waals surface area contributed by atoms with E-state index in [0.717, 1.165) is 10.2 Å². The fourth-order valence-electron chi connectivity index (χ4n) is 2.47. The van der Waals surface area contributed by atoms with E-state index < -0.39 is 5.56 Å². The van der Waals surface area contributed by atoms with Crippen LogP contribution in [-0.2, 0) is 0 Å². The van der Waals surface area contributed by atoms with Crippen molar-refractivity contribution in [1.82, 2.24) is 9.38 Å². The Hall–Kier alpha value is -3.24. The van der Waals surface area contributed by atoms with Crippen LogP contribution < -0.4 is 10.9 Å². The first-order valence-electron chi connectivity index (χ1n) is 7.04. The normalized spacial score (nSPS) is 10.8. The zero-order valence-corrected chi connectivity index (χ0v) is 13.0. The van der Waals surface area contributed by atoms with Gasteiger partial charge in [-0.1, -0.05) is 23.5 Å². The number of halogens is 1. The average molecular weight is 336 g/mol. The summed E-state index contributed by atoms with van der Waals surface area (Å²) in [5, 5.41) is 12.3. The molecule has 5 nitrogen and oxygen atoms in total. The Labute approximate surface area is 139 Å². The molecule has 0 atom stereocenters. The molecule has 2 aromatic carbocycles. The fourth-order valence-corrected chi connectivity index (χ4v) is 3.49. The third-order valence-electron chi connectivity index (χ3n) is 3.58. The Kier molecular flexibility index (Phi) is 3.25. The van der Waals surface area contributed by atoms with E-state index in [4.69, 9.17) is 0 Å². The number of para-hydroxylation sites is 1. The first-order valence-corrected chi connectivity index (χ1v) is 7.86. The highest BCUT2D eigenvalue weighted by molar-refractivity contribution is 7.23. The number of hydrogen-bond acceptors (Lipinski definition) is 5. The maximum atomic E-state index is 13.0. The molecule has 0 fully saturated rings. The quantitative estimate of drug-likeness (QED) is 0.606. The maximum Gasteiger partial charge on any atom is 0.279 e. The summed E-state index contributed by atoms with van der Waals surface area (Å²) in [5.74, 6) is -0.199. The van der Waals surface area contributed by atoms with E-state index in [-0.39, 0.29) is 17.2 Å². The van der Waals surface area contributed by atoms with Crippen LogP contribution in [0.1, 0.15) is 5.56 Å². The Balaban J connectivity index is 1.96.